The molecule has 0 aliphatic heterocycles. The number of esters is 1. The molecule has 0 bridgehead atoms. The predicted octanol–water partition coefficient (Wildman–Crippen LogP) is 21.9. The maximum Gasteiger partial charge on any atom is 0.305 e. The maximum absolute atomic E-state index is 12.5. The number of aliphatic hydroxyl groups is 2. The lowest BCUT2D eigenvalue weighted by Gasteiger charge is -2.20. The number of nitrogens with one attached hydrogen (secondary N) is 1. The van der Waals surface area contributed by atoms with Crippen molar-refractivity contribution < 1.29 is 24.5 Å². The van der Waals surface area contributed by atoms with E-state index in [0.29, 0.717) is 19.4 Å². The molecule has 0 spiro atoms. The Bertz CT molecular complexity index is 1230. The summed E-state index contributed by atoms with van der Waals surface area (Å²) in [5.41, 5.74) is 0. The summed E-state index contributed by atoms with van der Waals surface area (Å²) in [6.07, 6.45) is 83.7. The van der Waals surface area contributed by atoms with Gasteiger partial charge < -0.3 is 20.3 Å². The number of amides is 1. The number of ether oxygens (including phenoxy) is 1. The van der Waals surface area contributed by atoms with Crippen LogP contribution in [0.3, 0.4) is 0 Å². The lowest BCUT2D eigenvalue weighted by atomic mass is 10.0. The number of rotatable bonds is 64. The Morgan fingerprint density at radius 3 is 1.00 bits per heavy atom. The largest absolute Gasteiger partial charge is 0.465 e. The van der Waals surface area contributed by atoms with Crippen molar-refractivity contribution in [3.63, 3.8) is 0 Å². The maximum atomic E-state index is 12.5. The Morgan fingerprint density at radius 1 is 0.368 bits per heavy atom. The van der Waals surface area contributed by atoms with Crippen LogP contribution in [-0.4, -0.2) is 47.4 Å². The Hall–Kier alpha value is -1.92. The number of hydrogen-bond acceptors (Lipinski definition) is 5. The number of allylic oxidation sites excluding steroid dienone is 4. The molecule has 0 aliphatic carbocycles. The van der Waals surface area contributed by atoms with E-state index < -0.39 is 12.1 Å². The van der Waals surface area contributed by atoms with E-state index in [0.717, 1.165) is 51.4 Å². The van der Waals surface area contributed by atoms with Crippen molar-refractivity contribution in [2.75, 3.05) is 13.2 Å². The van der Waals surface area contributed by atoms with E-state index in [4.69, 9.17) is 4.74 Å². The van der Waals surface area contributed by atoms with Crippen LogP contribution < -0.4 is 5.32 Å². The fraction of sp³-hybridized carbons (Fsp3) is 0.886. The van der Waals surface area contributed by atoms with Gasteiger partial charge in [-0.25, -0.2) is 0 Å². The molecule has 76 heavy (non-hydrogen) atoms. The van der Waals surface area contributed by atoms with Crippen LogP contribution in [0.1, 0.15) is 373 Å². The van der Waals surface area contributed by atoms with Crippen LogP contribution in [0.15, 0.2) is 36.5 Å². The van der Waals surface area contributed by atoms with Crippen LogP contribution in [-0.2, 0) is 14.3 Å². The van der Waals surface area contributed by atoms with Crippen LogP contribution in [0.5, 0.6) is 0 Å². The summed E-state index contributed by atoms with van der Waals surface area (Å²) in [4.78, 5) is 24.6. The van der Waals surface area contributed by atoms with Crippen LogP contribution in [0.25, 0.3) is 0 Å². The molecule has 0 fully saturated rings. The van der Waals surface area contributed by atoms with Crippen molar-refractivity contribution >= 4 is 11.9 Å². The molecule has 6 nitrogen and oxygen atoms in total. The van der Waals surface area contributed by atoms with Crippen LogP contribution in [0, 0.1) is 0 Å². The van der Waals surface area contributed by atoms with Gasteiger partial charge in [-0.1, -0.05) is 346 Å². The molecule has 0 aromatic rings. The molecule has 0 aromatic carbocycles. The lowest BCUT2D eigenvalue weighted by Crippen LogP contribution is -2.45. The molecule has 0 saturated carbocycles. The molecule has 2 atom stereocenters. The first-order valence-electron chi connectivity index (χ1n) is 34.3. The smallest absolute Gasteiger partial charge is 0.305 e. The Kier molecular flexibility index (Phi) is 63.9. The average molecular weight is 1070 g/mol. The molecule has 0 rings (SSSR count). The van der Waals surface area contributed by atoms with Crippen molar-refractivity contribution in [1.29, 1.82) is 0 Å². The highest BCUT2D eigenvalue weighted by atomic mass is 16.5. The van der Waals surface area contributed by atoms with E-state index in [1.54, 1.807) is 6.08 Å². The van der Waals surface area contributed by atoms with Gasteiger partial charge in [0.1, 0.15) is 0 Å². The summed E-state index contributed by atoms with van der Waals surface area (Å²) in [6.45, 7) is 4.83. The first-order chi connectivity index (χ1) is 37.5. The van der Waals surface area contributed by atoms with Gasteiger partial charge >= 0.3 is 5.97 Å². The van der Waals surface area contributed by atoms with Crippen LogP contribution >= 0.6 is 0 Å². The standard InChI is InChI=1S/C70H133NO5/c1-3-5-7-9-11-13-15-17-19-21-26-30-34-38-42-46-50-54-58-62-68(73)67(66-72)71-69(74)63-59-55-51-47-43-39-35-31-28-24-23-25-29-33-37-41-45-49-53-57-61-65-76-70(75)64-60-56-52-48-44-40-36-32-27-22-20-18-16-14-12-10-8-6-4-2/h41,45,53,57-58,62,67-68,72-73H,3-40,42-44,46-52,54-56,59-61,63-66H2,1-2H3,(H,71,74)/b45-41-,57-53-,62-58+. The zero-order chi connectivity index (χ0) is 55.0. The highest BCUT2D eigenvalue weighted by molar-refractivity contribution is 5.76. The summed E-state index contributed by atoms with van der Waals surface area (Å²) in [6, 6.07) is -0.633. The van der Waals surface area contributed by atoms with Crippen molar-refractivity contribution in [2.45, 2.75) is 386 Å². The monoisotopic (exact) mass is 1070 g/mol. The van der Waals surface area contributed by atoms with Gasteiger partial charge in [0, 0.05) is 12.8 Å². The second kappa shape index (κ2) is 65.6. The third kappa shape index (κ3) is 61.3. The average Bonchev–Trinajstić information content (AvgIpc) is 3.42. The van der Waals surface area contributed by atoms with Crippen LogP contribution in [0.4, 0.5) is 0 Å². The van der Waals surface area contributed by atoms with Crippen molar-refractivity contribution in [1.82, 2.24) is 5.32 Å². The van der Waals surface area contributed by atoms with E-state index in [1.807, 2.05) is 6.08 Å². The van der Waals surface area contributed by atoms with Crippen LogP contribution in [0.2, 0.25) is 0 Å². The zero-order valence-corrected chi connectivity index (χ0v) is 51.3. The second-order valence-corrected chi connectivity index (χ2v) is 23.5. The van der Waals surface area contributed by atoms with Crippen molar-refractivity contribution in [2.24, 2.45) is 0 Å². The van der Waals surface area contributed by atoms with Gasteiger partial charge in [-0.15, -0.1) is 0 Å². The topological polar surface area (TPSA) is 95.9 Å². The van der Waals surface area contributed by atoms with Crippen molar-refractivity contribution in [3.8, 4) is 0 Å². The summed E-state index contributed by atoms with van der Waals surface area (Å²) in [5.74, 6) is -0.100. The highest BCUT2D eigenvalue weighted by Gasteiger charge is 2.18. The molecule has 0 saturated heterocycles. The predicted molar refractivity (Wildman–Crippen MR) is 333 cm³/mol. The SMILES string of the molecule is CCCCCCCCCCCCCCCCCCC/C=C/C(O)C(CO)NC(=O)CCCCCCCCCCCCCCCC/C=C\C/C=C\CCOC(=O)CCCCCCCCCCCCCCCCCCCCC. The minimum atomic E-state index is -0.849. The summed E-state index contributed by atoms with van der Waals surface area (Å²) >= 11 is 0. The van der Waals surface area contributed by atoms with Gasteiger partial charge in [-0.3, -0.25) is 9.59 Å². The summed E-state index contributed by atoms with van der Waals surface area (Å²) in [7, 11) is 0. The fourth-order valence-corrected chi connectivity index (χ4v) is 10.7. The molecule has 448 valence electrons. The second-order valence-electron chi connectivity index (χ2n) is 23.5. The quantitative estimate of drug-likeness (QED) is 0.0320. The molecule has 3 N–H and O–H groups in total. The molecular weight excluding hydrogens is 935 g/mol. The molecule has 0 aliphatic rings. The number of aliphatic hydroxyl groups excluding tert-OH is 2. The van der Waals surface area contributed by atoms with Gasteiger partial charge in [0.15, 0.2) is 0 Å². The highest BCUT2D eigenvalue weighted by Crippen LogP contribution is 2.18. The van der Waals surface area contributed by atoms with Gasteiger partial charge in [-0.05, 0) is 51.4 Å². The number of carbonyl (C=O) groups is 2. The van der Waals surface area contributed by atoms with Crippen molar-refractivity contribution in [3.05, 3.63) is 36.5 Å². The van der Waals surface area contributed by atoms with Gasteiger partial charge in [0.2, 0.25) is 5.91 Å². The molecule has 1 amide bonds. The molecule has 0 aromatic heterocycles. The van der Waals surface area contributed by atoms with E-state index in [2.05, 4.69) is 43.5 Å². The van der Waals surface area contributed by atoms with Gasteiger partial charge in [-0.2, -0.15) is 0 Å². The summed E-state index contributed by atoms with van der Waals surface area (Å²) < 4.78 is 5.44. The first-order valence-corrected chi connectivity index (χ1v) is 34.3. The number of hydrogen-bond donors (Lipinski definition) is 3. The minimum Gasteiger partial charge on any atom is -0.465 e. The Balaban J connectivity index is 3.45. The number of carbonyl (C=O) groups excluding carboxylic acids is 2. The summed E-state index contributed by atoms with van der Waals surface area (Å²) in [5, 5.41) is 23.2. The zero-order valence-electron chi connectivity index (χ0n) is 51.3. The third-order valence-electron chi connectivity index (χ3n) is 15.9. The molecule has 0 heterocycles. The lowest BCUT2D eigenvalue weighted by molar-refractivity contribution is -0.143. The van der Waals surface area contributed by atoms with Gasteiger partial charge in [0.05, 0.1) is 25.4 Å². The first kappa shape index (κ1) is 74.1. The van der Waals surface area contributed by atoms with E-state index in [9.17, 15) is 19.8 Å². The molecule has 0 radical (unpaired) electrons. The number of unbranched alkanes of at least 4 members (excludes halogenated alkanes) is 49. The Morgan fingerprint density at radius 2 is 0.658 bits per heavy atom. The normalized spacial score (nSPS) is 12.7. The van der Waals surface area contributed by atoms with E-state index >= 15 is 0 Å². The minimum absolute atomic E-state index is 0.0305. The Labute approximate surface area is 474 Å². The molecular formula is C70H133NO5. The molecule has 2 unspecified atom stereocenters. The third-order valence-corrected chi connectivity index (χ3v) is 15.9. The van der Waals surface area contributed by atoms with E-state index in [-0.39, 0.29) is 18.5 Å². The fourth-order valence-electron chi connectivity index (χ4n) is 10.7. The van der Waals surface area contributed by atoms with Gasteiger partial charge in [0.25, 0.3) is 0 Å². The van der Waals surface area contributed by atoms with E-state index in [1.165, 1.54) is 295 Å². The molecule has 6 heteroatoms.